The molecule has 1 saturated heterocycles. The number of benzene rings is 1. The Morgan fingerprint density at radius 2 is 1.97 bits per heavy atom. The first-order valence-corrected chi connectivity index (χ1v) is 12.2. The molecule has 4 rings (SSSR count). The summed E-state index contributed by atoms with van der Waals surface area (Å²) in [6, 6.07) is 11.4. The Balaban J connectivity index is 1.77. The highest BCUT2D eigenvalue weighted by atomic mass is 32.2. The Morgan fingerprint density at radius 1 is 1.24 bits per heavy atom. The Morgan fingerprint density at radius 3 is 2.65 bits per heavy atom. The predicted molar refractivity (Wildman–Crippen MR) is 141 cm³/mol. The van der Waals surface area contributed by atoms with Gasteiger partial charge in [0, 0.05) is 18.8 Å². The van der Waals surface area contributed by atoms with Gasteiger partial charge in [-0.05, 0) is 55.7 Å². The van der Waals surface area contributed by atoms with Gasteiger partial charge < -0.3 is 10.1 Å². The molecule has 1 N–H and O–H groups in total. The third kappa shape index (κ3) is 4.58. The van der Waals surface area contributed by atoms with E-state index in [0.29, 0.717) is 32.8 Å². The van der Waals surface area contributed by atoms with Crippen molar-refractivity contribution in [1.29, 1.82) is 0 Å². The number of thioether (sulfide) groups is 1. The highest BCUT2D eigenvalue weighted by Crippen LogP contribution is 2.35. The second-order valence-corrected chi connectivity index (χ2v) is 9.75. The van der Waals surface area contributed by atoms with E-state index in [2.05, 4.69) is 5.32 Å². The maximum absolute atomic E-state index is 13.5. The van der Waals surface area contributed by atoms with Crippen LogP contribution in [0.4, 0.5) is 5.82 Å². The summed E-state index contributed by atoms with van der Waals surface area (Å²) in [4.78, 5) is 33.4. The number of nitrogens with one attached hydrogen (secondary N) is 1. The molecule has 1 aromatic carbocycles. The van der Waals surface area contributed by atoms with Gasteiger partial charge in [-0.25, -0.2) is 4.98 Å². The van der Waals surface area contributed by atoms with E-state index in [0.717, 1.165) is 23.3 Å². The van der Waals surface area contributed by atoms with Crippen LogP contribution >= 0.6 is 24.0 Å². The molecule has 1 aliphatic heterocycles. The molecule has 1 unspecified atom stereocenters. The van der Waals surface area contributed by atoms with Crippen molar-refractivity contribution < 1.29 is 9.53 Å². The first-order valence-electron chi connectivity index (χ1n) is 11.0. The van der Waals surface area contributed by atoms with Gasteiger partial charge in [-0.15, -0.1) is 0 Å². The summed E-state index contributed by atoms with van der Waals surface area (Å²) in [7, 11) is 1.62. The van der Waals surface area contributed by atoms with Crippen molar-refractivity contribution in [2.75, 3.05) is 12.4 Å². The molecule has 0 radical (unpaired) electrons. The molecule has 0 spiro atoms. The fourth-order valence-electron chi connectivity index (χ4n) is 3.68. The zero-order chi connectivity index (χ0) is 24.4. The van der Waals surface area contributed by atoms with Gasteiger partial charge in [0.15, 0.2) is 0 Å². The number of aromatic nitrogens is 2. The van der Waals surface area contributed by atoms with Crippen LogP contribution in [0.5, 0.6) is 5.75 Å². The van der Waals surface area contributed by atoms with E-state index < -0.39 is 0 Å². The van der Waals surface area contributed by atoms with Gasteiger partial charge in [-0.1, -0.05) is 49.1 Å². The van der Waals surface area contributed by atoms with Crippen LogP contribution in [0.15, 0.2) is 52.3 Å². The molecule has 0 aliphatic carbocycles. The molecule has 1 atom stereocenters. The number of thiocarbonyl (C=S) groups is 1. The molecule has 0 bridgehead atoms. The Hall–Kier alpha value is -3.17. The number of nitrogens with zero attached hydrogens (tertiary/aromatic N) is 3. The number of carbonyl (C=O) groups excluding carboxylic acids is 1. The fourth-order valence-corrected chi connectivity index (χ4v) is 5.12. The Kier molecular flexibility index (Phi) is 7.04. The molecule has 1 aliphatic rings. The topological polar surface area (TPSA) is 75.9 Å². The number of ether oxygens (including phenoxy) is 1. The van der Waals surface area contributed by atoms with E-state index in [1.807, 2.05) is 57.2 Å². The van der Waals surface area contributed by atoms with E-state index in [9.17, 15) is 9.59 Å². The number of anilines is 1. The largest absolute Gasteiger partial charge is 0.497 e. The van der Waals surface area contributed by atoms with Crippen LogP contribution in [-0.4, -0.2) is 37.7 Å². The lowest BCUT2D eigenvalue weighted by Gasteiger charge is -2.21. The summed E-state index contributed by atoms with van der Waals surface area (Å²) in [5, 5.41) is 3.30. The van der Waals surface area contributed by atoms with E-state index >= 15 is 0 Å². The molecule has 9 heteroatoms. The van der Waals surface area contributed by atoms with E-state index in [1.165, 1.54) is 16.2 Å². The van der Waals surface area contributed by atoms with Crippen LogP contribution in [0.3, 0.4) is 0 Å². The zero-order valence-corrected chi connectivity index (χ0v) is 21.1. The number of amides is 1. The number of hydrogen-bond donors (Lipinski definition) is 1. The quantitative estimate of drug-likeness (QED) is 0.379. The minimum Gasteiger partial charge on any atom is -0.497 e. The number of aryl methyl sites for hydroxylation is 1. The predicted octanol–water partition coefficient (Wildman–Crippen LogP) is 4.62. The molecule has 0 saturated carbocycles. The zero-order valence-electron chi connectivity index (χ0n) is 19.5. The van der Waals surface area contributed by atoms with Crippen LogP contribution < -0.4 is 15.6 Å². The molecule has 3 heterocycles. The first-order chi connectivity index (χ1) is 16.3. The minimum atomic E-state index is -0.250. The number of methoxy groups -OCH3 is 1. The van der Waals surface area contributed by atoms with E-state index in [1.54, 1.807) is 24.3 Å². The highest BCUT2D eigenvalue weighted by molar-refractivity contribution is 8.26. The summed E-state index contributed by atoms with van der Waals surface area (Å²) in [5.41, 5.74) is 2.51. The summed E-state index contributed by atoms with van der Waals surface area (Å²) in [6.45, 7) is 6.33. The average molecular weight is 495 g/mol. The summed E-state index contributed by atoms with van der Waals surface area (Å²) < 4.78 is 7.23. The van der Waals surface area contributed by atoms with Crippen molar-refractivity contribution >= 4 is 51.7 Å². The SMILES string of the molecule is CCC(C)N1C(=O)C(=Cc2c(NCc3ccc(OC)cc3)nc3c(C)cccn3c2=O)SC1=S. The standard InChI is InChI=1S/C25H26N4O3S2/c1-5-16(3)29-24(31)20(34-25(29)33)13-19-21(26-14-17-8-10-18(32-4)11-9-17)27-22-15(2)7-6-12-28(22)23(19)30/h6-13,16,26H,5,14H2,1-4H3. The molecule has 3 aromatic rings. The van der Waals surface area contributed by atoms with E-state index in [-0.39, 0.29) is 17.5 Å². The van der Waals surface area contributed by atoms with Crippen molar-refractivity contribution in [1.82, 2.24) is 14.3 Å². The van der Waals surface area contributed by atoms with Crippen LogP contribution in [-0.2, 0) is 11.3 Å². The van der Waals surface area contributed by atoms with Gasteiger partial charge in [0.25, 0.3) is 11.5 Å². The average Bonchev–Trinajstić information content (AvgIpc) is 3.12. The molecule has 176 valence electrons. The molecule has 1 amide bonds. The molecule has 34 heavy (non-hydrogen) atoms. The van der Waals surface area contributed by atoms with Crippen LogP contribution in [0, 0.1) is 6.92 Å². The molecule has 7 nitrogen and oxygen atoms in total. The maximum atomic E-state index is 13.5. The molecule has 2 aromatic heterocycles. The summed E-state index contributed by atoms with van der Waals surface area (Å²) in [5.74, 6) is 1.01. The van der Waals surface area contributed by atoms with Crippen LogP contribution in [0.1, 0.15) is 37.0 Å². The van der Waals surface area contributed by atoms with Crippen molar-refractivity contribution in [2.45, 2.75) is 39.8 Å². The van der Waals surface area contributed by atoms with Gasteiger partial charge in [0.05, 0.1) is 17.6 Å². The number of carbonyl (C=O) groups is 1. The van der Waals surface area contributed by atoms with Crippen LogP contribution in [0.25, 0.3) is 11.7 Å². The highest BCUT2D eigenvalue weighted by Gasteiger charge is 2.35. The lowest BCUT2D eigenvalue weighted by atomic mass is 10.2. The van der Waals surface area contributed by atoms with Gasteiger partial charge >= 0.3 is 0 Å². The van der Waals surface area contributed by atoms with Gasteiger partial charge in [0.2, 0.25) is 0 Å². The van der Waals surface area contributed by atoms with Crippen molar-refractivity contribution in [3.8, 4) is 5.75 Å². The molecular weight excluding hydrogens is 468 g/mol. The third-order valence-corrected chi connectivity index (χ3v) is 7.16. The van der Waals surface area contributed by atoms with Crippen molar-refractivity contribution in [3.05, 3.63) is 74.5 Å². The van der Waals surface area contributed by atoms with Crippen LogP contribution in [0.2, 0.25) is 0 Å². The molecule has 1 fully saturated rings. The normalized spacial score (nSPS) is 15.9. The Labute approximate surface area is 207 Å². The lowest BCUT2D eigenvalue weighted by Crippen LogP contribution is -2.36. The van der Waals surface area contributed by atoms with Crippen molar-refractivity contribution in [3.63, 3.8) is 0 Å². The maximum Gasteiger partial charge on any atom is 0.267 e. The van der Waals surface area contributed by atoms with E-state index in [4.69, 9.17) is 21.9 Å². The number of hydrogen-bond acceptors (Lipinski definition) is 7. The minimum absolute atomic E-state index is 0.00968. The number of pyridine rings is 1. The van der Waals surface area contributed by atoms with Gasteiger partial charge in [-0.3, -0.25) is 18.9 Å². The smallest absolute Gasteiger partial charge is 0.267 e. The second-order valence-electron chi connectivity index (χ2n) is 8.07. The lowest BCUT2D eigenvalue weighted by molar-refractivity contribution is -0.123. The summed E-state index contributed by atoms with van der Waals surface area (Å²) in [6.07, 6.45) is 4.09. The monoisotopic (exact) mass is 494 g/mol. The third-order valence-electron chi connectivity index (χ3n) is 5.83. The second kappa shape index (κ2) is 9.99. The van der Waals surface area contributed by atoms with Crippen molar-refractivity contribution in [2.24, 2.45) is 0 Å². The van der Waals surface area contributed by atoms with Gasteiger partial charge in [-0.2, -0.15) is 0 Å². The Bertz CT molecular complexity index is 1350. The fraction of sp³-hybridized carbons (Fsp3) is 0.280. The number of rotatable bonds is 7. The summed E-state index contributed by atoms with van der Waals surface area (Å²) >= 11 is 6.67. The van der Waals surface area contributed by atoms with Gasteiger partial charge in [0.1, 0.15) is 21.5 Å². The first kappa shape index (κ1) is 24.0. The molecular formula is C25H26N4O3S2. The number of fused-ring (bicyclic) bond motifs is 1.